The minimum absolute atomic E-state index is 0.116. The molecule has 0 spiro atoms. The van der Waals surface area contributed by atoms with E-state index in [4.69, 9.17) is 11.6 Å². The summed E-state index contributed by atoms with van der Waals surface area (Å²) in [5.41, 5.74) is 2.39. The minimum Gasteiger partial charge on any atom is -0.325 e. The molecule has 0 radical (unpaired) electrons. The first-order valence-electron chi connectivity index (χ1n) is 7.92. The van der Waals surface area contributed by atoms with Gasteiger partial charge in [0.15, 0.2) is 0 Å². The summed E-state index contributed by atoms with van der Waals surface area (Å²) in [5.74, 6) is -0.232. The Morgan fingerprint density at radius 3 is 2.42 bits per heavy atom. The summed E-state index contributed by atoms with van der Waals surface area (Å²) in [5, 5.41) is 0.538. The highest BCUT2D eigenvalue weighted by atomic mass is 35.5. The third-order valence-corrected chi connectivity index (χ3v) is 4.68. The van der Waals surface area contributed by atoms with Crippen LogP contribution in [0.5, 0.6) is 0 Å². The molecule has 1 fully saturated rings. The van der Waals surface area contributed by atoms with Gasteiger partial charge in [-0.05, 0) is 38.1 Å². The van der Waals surface area contributed by atoms with Crippen molar-refractivity contribution in [2.45, 2.75) is 19.9 Å². The van der Waals surface area contributed by atoms with Gasteiger partial charge in [-0.2, -0.15) is 0 Å². The number of hydrogen-bond acceptors (Lipinski definition) is 2. The van der Waals surface area contributed by atoms with Crippen LogP contribution in [0, 0.1) is 6.92 Å². The van der Waals surface area contributed by atoms with Crippen LogP contribution in [0.15, 0.2) is 48.5 Å². The van der Waals surface area contributed by atoms with E-state index in [0.717, 1.165) is 5.56 Å². The molecule has 5 heteroatoms. The molecule has 124 valence electrons. The fourth-order valence-corrected chi connectivity index (χ4v) is 3.16. The van der Waals surface area contributed by atoms with Gasteiger partial charge in [0, 0.05) is 18.7 Å². The summed E-state index contributed by atoms with van der Waals surface area (Å²) in [6.07, 6.45) is 0. The number of halogens is 1. The molecule has 3 rings (SSSR count). The second-order valence-corrected chi connectivity index (χ2v) is 6.39. The molecular formula is C19H19ClN2O2. The summed E-state index contributed by atoms with van der Waals surface area (Å²) in [6, 6.07) is 14.1. The van der Waals surface area contributed by atoms with Crippen LogP contribution in [-0.2, 0) is 4.79 Å². The number of amides is 2. The molecule has 2 aromatic carbocycles. The van der Waals surface area contributed by atoms with E-state index in [0.29, 0.717) is 29.4 Å². The second-order valence-electron chi connectivity index (χ2n) is 5.98. The first kappa shape index (κ1) is 16.5. The van der Waals surface area contributed by atoms with Gasteiger partial charge in [0.2, 0.25) is 5.91 Å². The van der Waals surface area contributed by atoms with Gasteiger partial charge in [-0.15, -0.1) is 0 Å². The average Bonchev–Trinajstić information content (AvgIpc) is 2.58. The first-order chi connectivity index (χ1) is 11.5. The van der Waals surface area contributed by atoms with Crippen molar-refractivity contribution in [3.05, 3.63) is 64.7 Å². The maximum Gasteiger partial charge on any atom is 0.254 e. The summed E-state index contributed by atoms with van der Waals surface area (Å²) in [7, 11) is 0. The van der Waals surface area contributed by atoms with E-state index in [2.05, 4.69) is 0 Å². The topological polar surface area (TPSA) is 40.6 Å². The van der Waals surface area contributed by atoms with Crippen molar-refractivity contribution in [3.8, 4) is 0 Å². The number of nitrogens with zero attached hydrogens (tertiary/aromatic N) is 2. The van der Waals surface area contributed by atoms with Gasteiger partial charge in [-0.25, -0.2) is 0 Å². The van der Waals surface area contributed by atoms with E-state index < -0.39 is 6.04 Å². The average molecular weight is 343 g/mol. The Labute approximate surface area is 146 Å². The van der Waals surface area contributed by atoms with Crippen LogP contribution in [-0.4, -0.2) is 35.8 Å². The number of anilines is 1. The van der Waals surface area contributed by atoms with Crippen LogP contribution < -0.4 is 4.90 Å². The number of carbonyl (C=O) groups is 2. The summed E-state index contributed by atoms with van der Waals surface area (Å²) in [4.78, 5) is 28.7. The van der Waals surface area contributed by atoms with Crippen LogP contribution in [0.2, 0.25) is 5.02 Å². The van der Waals surface area contributed by atoms with Crippen molar-refractivity contribution in [1.82, 2.24) is 4.90 Å². The normalized spacial score (nSPS) is 18.0. The molecule has 0 saturated carbocycles. The van der Waals surface area contributed by atoms with Gasteiger partial charge < -0.3 is 9.80 Å². The molecule has 0 aromatic heterocycles. The molecule has 24 heavy (non-hydrogen) atoms. The van der Waals surface area contributed by atoms with Gasteiger partial charge in [0.25, 0.3) is 5.91 Å². The molecule has 2 amide bonds. The SMILES string of the molecule is Cc1ccc(C(=O)N2CCN(c3ccccc3Cl)C(=O)C2C)cc1. The highest BCUT2D eigenvalue weighted by Crippen LogP contribution is 2.28. The lowest BCUT2D eigenvalue weighted by Crippen LogP contribution is -2.57. The summed E-state index contributed by atoms with van der Waals surface area (Å²) in [6.45, 7) is 4.65. The Morgan fingerprint density at radius 1 is 1.08 bits per heavy atom. The van der Waals surface area contributed by atoms with E-state index in [9.17, 15) is 9.59 Å². The van der Waals surface area contributed by atoms with E-state index in [-0.39, 0.29) is 11.8 Å². The summed E-state index contributed by atoms with van der Waals surface area (Å²) >= 11 is 6.21. The maximum atomic E-state index is 12.8. The molecule has 1 atom stereocenters. The van der Waals surface area contributed by atoms with Crippen LogP contribution >= 0.6 is 11.6 Å². The van der Waals surface area contributed by atoms with Crippen molar-refractivity contribution in [3.63, 3.8) is 0 Å². The van der Waals surface area contributed by atoms with Crippen LogP contribution in [0.4, 0.5) is 5.69 Å². The molecule has 4 nitrogen and oxygen atoms in total. The molecule has 0 N–H and O–H groups in total. The standard InChI is InChI=1S/C19H19ClN2O2/c1-13-7-9-15(10-8-13)19(24)21-11-12-22(18(23)14(21)2)17-6-4-3-5-16(17)20/h3-10,14H,11-12H2,1-2H3. The molecule has 0 aliphatic carbocycles. The van der Waals surface area contributed by atoms with E-state index in [1.165, 1.54) is 0 Å². The first-order valence-corrected chi connectivity index (χ1v) is 8.30. The molecule has 1 aliphatic heterocycles. The van der Waals surface area contributed by atoms with Crippen LogP contribution in [0.25, 0.3) is 0 Å². The van der Waals surface area contributed by atoms with Crippen molar-refractivity contribution >= 4 is 29.1 Å². The van der Waals surface area contributed by atoms with Crippen LogP contribution in [0.3, 0.4) is 0 Å². The zero-order valence-corrected chi connectivity index (χ0v) is 14.5. The lowest BCUT2D eigenvalue weighted by molar-refractivity contribution is -0.124. The highest BCUT2D eigenvalue weighted by Gasteiger charge is 2.35. The van der Waals surface area contributed by atoms with E-state index >= 15 is 0 Å². The molecule has 0 bridgehead atoms. The molecule has 2 aromatic rings. The zero-order chi connectivity index (χ0) is 17.3. The molecule has 1 unspecified atom stereocenters. The quantitative estimate of drug-likeness (QED) is 0.837. The number of rotatable bonds is 2. The van der Waals surface area contributed by atoms with Gasteiger partial charge in [-0.3, -0.25) is 9.59 Å². The van der Waals surface area contributed by atoms with Gasteiger partial charge >= 0.3 is 0 Å². The Bertz CT molecular complexity index is 773. The molecule has 1 saturated heterocycles. The predicted molar refractivity (Wildman–Crippen MR) is 95.5 cm³/mol. The third-order valence-electron chi connectivity index (χ3n) is 4.36. The third kappa shape index (κ3) is 3.02. The number of piperazine rings is 1. The van der Waals surface area contributed by atoms with Crippen molar-refractivity contribution < 1.29 is 9.59 Å². The highest BCUT2D eigenvalue weighted by molar-refractivity contribution is 6.33. The fourth-order valence-electron chi connectivity index (χ4n) is 2.92. The largest absolute Gasteiger partial charge is 0.325 e. The monoisotopic (exact) mass is 342 g/mol. The molecular weight excluding hydrogens is 324 g/mol. The van der Waals surface area contributed by atoms with Crippen molar-refractivity contribution in [1.29, 1.82) is 0 Å². The van der Waals surface area contributed by atoms with Crippen molar-refractivity contribution in [2.75, 3.05) is 18.0 Å². The number of para-hydroxylation sites is 1. The molecule has 1 aliphatic rings. The van der Waals surface area contributed by atoms with Gasteiger partial charge in [0.05, 0.1) is 10.7 Å². The van der Waals surface area contributed by atoms with Crippen molar-refractivity contribution in [2.24, 2.45) is 0 Å². The number of benzene rings is 2. The van der Waals surface area contributed by atoms with E-state index in [1.54, 1.807) is 34.9 Å². The maximum absolute atomic E-state index is 12.8. The number of hydrogen-bond donors (Lipinski definition) is 0. The number of aryl methyl sites for hydroxylation is 1. The smallest absolute Gasteiger partial charge is 0.254 e. The lowest BCUT2D eigenvalue weighted by atomic mass is 10.1. The van der Waals surface area contributed by atoms with E-state index in [1.807, 2.05) is 37.3 Å². The second kappa shape index (κ2) is 6.65. The Kier molecular flexibility index (Phi) is 4.58. The van der Waals surface area contributed by atoms with Gasteiger partial charge in [0.1, 0.15) is 6.04 Å². The Hall–Kier alpha value is -2.33. The lowest BCUT2D eigenvalue weighted by Gasteiger charge is -2.39. The van der Waals surface area contributed by atoms with Crippen LogP contribution in [0.1, 0.15) is 22.8 Å². The Morgan fingerprint density at radius 2 is 1.75 bits per heavy atom. The summed E-state index contributed by atoms with van der Waals surface area (Å²) < 4.78 is 0. The predicted octanol–water partition coefficient (Wildman–Crippen LogP) is 3.53. The zero-order valence-electron chi connectivity index (χ0n) is 13.7. The Balaban J connectivity index is 1.81. The van der Waals surface area contributed by atoms with Gasteiger partial charge in [-0.1, -0.05) is 41.4 Å². The number of carbonyl (C=O) groups excluding carboxylic acids is 2. The minimum atomic E-state index is -0.524. The fraction of sp³-hybridized carbons (Fsp3) is 0.263. The molecule has 1 heterocycles.